The number of nitrogens with one attached hydrogen (secondary N) is 1. The molecule has 1 aliphatic heterocycles. The lowest BCUT2D eigenvalue weighted by molar-refractivity contribution is 0.0526. The number of aryl methyl sites for hydroxylation is 1. The standard InChI is InChI=1S/C18H24N4O3S.ClH/c1-5-25-18(24)15-12-6-9-22(11(2)3)10-14(12)26-17(15)19-16(23)13-7-8-21(4)20-13;/h7-8,11H,5-6,9-10H2,1-4H3,(H,19,23);1H. The van der Waals surface area contributed by atoms with Crippen molar-refractivity contribution in [3.63, 3.8) is 0 Å². The smallest absolute Gasteiger partial charge is 0.341 e. The Labute approximate surface area is 169 Å². The second kappa shape index (κ2) is 8.86. The Bertz CT molecular complexity index is 831. The lowest BCUT2D eigenvalue weighted by Gasteiger charge is -2.30. The van der Waals surface area contributed by atoms with Gasteiger partial charge in [-0.25, -0.2) is 4.79 Å². The molecular weight excluding hydrogens is 388 g/mol. The number of fused-ring (bicyclic) bond motifs is 1. The van der Waals surface area contributed by atoms with Crippen LogP contribution in [0.5, 0.6) is 0 Å². The lowest BCUT2D eigenvalue weighted by atomic mass is 10.0. The lowest BCUT2D eigenvalue weighted by Crippen LogP contribution is -2.35. The van der Waals surface area contributed by atoms with Crippen molar-refractivity contribution < 1.29 is 14.3 Å². The van der Waals surface area contributed by atoms with Gasteiger partial charge in [0.2, 0.25) is 0 Å². The molecule has 1 aliphatic rings. The second-order valence-corrected chi connectivity index (χ2v) is 7.68. The number of hydrogen-bond acceptors (Lipinski definition) is 6. The molecule has 0 radical (unpaired) electrons. The molecule has 0 unspecified atom stereocenters. The van der Waals surface area contributed by atoms with Gasteiger partial charge in [0.15, 0.2) is 5.69 Å². The van der Waals surface area contributed by atoms with Gasteiger partial charge in [0.1, 0.15) is 5.00 Å². The third-order valence-electron chi connectivity index (χ3n) is 4.47. The number of thiophene rings is 1. The molecule has 148 valence electrons. The number of esters is 1. The molecule has 0 atom stereocenters. The summed E-state index contributed by atoms with van der Waals surface area (Å²) in [5, 5.41) is 7.54. The summed E-state index contributed by atoms with van der Waals surface area (Å²) in [6.45, 7) is 8.08. The maximum Gasteiger partial charge on any atom is 0.341 e. The van der Waals surface area contributed by atoms with E-state index in [1.165, 1.54) is 11.3 Å². The summed E-state index contributed by atoms with van der Waals surface area (Å²) >= 11 is 1.46. The van der Waals surface area contributed by atoms with Gasteiger partial charge in [-0.3, -0.25) is 14.4 Å². The molecule has 0 spiro atoms. The Kier molecular flexibility index (Phi) is 7.02. The van der Waals surface area contributed by atoms with Crippen molar-refractivity contribution in [2.75, 3.05) is 18.5 Å². The minimum atomic E-state index is -0.376. The zero-order chi connectivity index (χ0) is 18.8. The van der Waals surface area contributed by atoms with Crippen LogP contribution in [0.4, 0.5) is 5.00 Å². The molecule has 1 amide bonds. The van der Waals surface area contributed by atoms with E-state index in [0.717, 1.165) is 30.0 Å². The molecule has 2 aromatic rings. The predicted octanol–water partition coefficient (Wildman–Crippen LogP) is 3.10. The van der Waals surface area contributed by atoms with Gasteiger partial charge in [0.05, 0.1) is 12.2 Å². The van der Waals surface area contributed by atoms with E-state index in [4.69, 9.17) is 4.74 Å². The van der Waals surface area contributed by atoms with Crippen molar-refractivity contribution in [1.82, 2.24) is 14.7 Å². The van der Waals surface area contributed by atoms with Gasteiger partial charge in [-0.05, 0) is 38.8 Å². The van der Waals surface area contributed by atoms with Gasteiger partial charge in [-0.1, -0.05) is 0 Å². The van der Waals surface area contributed by atoms with Crippen LogP contribution < -0.4 is 5.32 Å². The van der Waals surface area contributed by atoms with Crippen molar-refractivity contribution in [3.8, 4) is 0 Å². The maximum atomic E-state index is 12.5. The number of nitrogens with zero attached hydrogens (tertiary/aromatic N) is 3. The fourth-order valence-corrected chi connectivity index (χ4v) is 4.33. The van der Waals surface area contributed by atoms with Crippen LogP contribution in [0.2, 0.25) is 0 Å². The average molecular weight is 413 g/mol. The average Bonchev–Trinajstić information content (AvgIpc) is 3.17. The number of carbonyl (C=O) groups excluding carboxylic acids is 2. The molecule has 2 aromatic heterocycles. The number of hydrogen-bond donors (Lipinski definition) is 1. The van der Waals surface area contributed by atoms with Crippen LogP contribution >= 0.6 is 23.7 Å². The monoisotopic (exact) mass is 412 g/mol. The fourth-order valence-electron chi connectivity index (χ4n) is 3.07. The highest BCUT2D eigenvalue weighted by atomic mass is 35.5. The molecule has 0 aromatic carbocycles. The zero-order valence-corrected chi connectivity index (χ0v) is 17.6. The van der Waals surface area contributed by atoms with Crippen LogP contribution in [0.1, 0.15) is 52.1 Å². The first-order valence-corrected chi connectivity index (χ1v) is 9.59. The number of rotatable bonds is 5. The van der Waals surface area contributed by atoms with Crippen molar-refractivity contribution in [2.45, 2.75) is 39.8 Å². The third-order valence-corrected chi connectivity index (χ3v) is 5.60. The van der Waals surface area contributed by atoms with Gasteiger partial charge in [0.25, 0.3) is 5.91 Å². The molecule has 27 heavy (non-hydrogen) atoms. The van der Waals surface area contributed by atoms with Crippen LogP contribution in [0, 0.1) is 0 Å². The van der Waals surface area contributed by atoms with Crippen molar-refractivity contribution in [1.29, 1.82) is 0 Å². The number of aromatic nitrogens is 2. The zero-order valence-electron chi connectivity index (χ0n) is 15.9. The number of amides is 1. The summed E-state index contributed by atoms with van der Waals surface area (Å²) in [5.41, 5.74) is 1.82. The van der Waals surface area contributed by atoms with Gasteiger partial charge < -0.3 is 10.1 Å². The number of anilines is 1. The molecule has 7 nitrogen and oxygen atoms in total. The van der Waals surface area contributed by atoms with Crippen molar-refractivity contribution in [2.24, 2.45) is 7.05 Å². The molecule has 9 heteroatoms. The number of carbonyl (C=O) groups is 2. The van der Waals surface area contributed by atoms with Crippen LogP contribution in [0.25, 0.3) is 0 Å². The van der Waals surface area contributed by atoms with Crippen molar-refractivity contribution >= 4 is 40.6 Å². The number of halogens is 1. The molecular formula is C18H25ClN4O3S. The highest BCUT2D eigenvalue weighted by Gasteiger charge is 2.30. The molecule has 0 bridgehead atoms. The summed E-state index contributed by atoms with van der Waals surface area (Å²) in [7, 11) is 1.76. The molecule has 0 saturated carbocycles. The minimum Gasteiger partial charge on any atom is -0.462 e. The van der Waals surface area contributed by atoms with Gasteiger partial charge >= 0.3 is 5.97 Å². The highest BCUT2D eigenvalue weighted by molar-refractivity contribution is 7.17. The first-order valence-electron chi connectivity index (χ1n) is 8.77. The summed E-state index contributed by atoms with van der Waals surface area (Å²) in [6.07, 6.45) is 2.48. The fraction of sp³-hybridized carbons (Fsp3) is 0.500. The first kappa shape index (κ1) is 21.4. The van der Waals surface area contributed by atoms with Crippen LogP contribution in [0.3, 0.4) is 0 Å². The maximum absolute atomic E-state index is 12.5. The predicted molar refractivity (Wildman–Crippen MR) is 108 cm³/mol. The molecule has 1 N–H and O–H groups in total. The van der Waals surface area contributed by atoms with Crippen molar-refractivity contribution in [3.05, 3.63) is 34.0 Å². The third kappa shape index (κ3) is 4.51. The van der Waals surface area contributed by atoms with E-state index in [-0.39, 0.29) is 24.3 Å². The van der Waals surface area contributed by atoms with Gasteiger partial charge in [0, 0.05) is 37.3 Å². The summed E-state index contributed by atoms with van der Waals surface area (Å²) in [6, 6.07) is 2.08. The highest BCUT2D eigenvalue weighted by Crippen LogP contribution is 2.38. The Morgan fingerprint density at radius 2 is 2.15 bits per heavy atom. The normalized spacial score (nSPS) is 13.8. The van der Waals surface area contributed by atoms with E-state index in [0.29, 0.717) is 28.9 Å². The van der Waals surface area contributed by atoms with Gasteiger partial charge in [-0.2, -0.15) is 5.10 Å². The summed E-state index contributed by atoms with van der Waals surface area (Å²) in [5.74, 6) is -0.699. The minimum absolute atomic E-state index is 0. The molecule has 3 rings (SSSR count). The molecule has 0 aliphatic carbocycles. The Hall–Kier alpha value is -1.90. The Morgan fingerprint density at radius 1 is 1.41 bits per heavy atom. The molecule has 0 saturated heterocycles. The van der Waals surface area contributed by atoms with E-state index in [1.807, 2.05) is 0 Å². The first-order chi connectivity index (χ1) is 12.4. The largest absolute Gasteiger partial charge is 0.462 e. The second-order valence-electron chi connectivity index (χ2n) is 6.57. The van der Waals surface area contributed by atoms with Crippen LogP contribution in [-0.2, 0) is 24.8 Å². The van der Waals surface area contributed by atoms with E-state index >= 15 is 0 Å². The SMILES string of the molecule is CCOC(=O)c1c(NC(=O)c2ccn(C)n2)sc2c1CCN(C(C)C)C2.Cl. The van der Waals surface area contributed by atoms with E-state index in [1.54, 1.807) is 30.9 Å². The van der Waals surface area contributed by atoms with E-state index in [9.17, 15) is 9.59 Å². The molecule has 3 heterocycles. The number of ether oxygens (including phenoxy) is 1. The quantitative estimate of drug-likeness (QED) is 0.763. The van der Waals surface area contributed by atoms with Gasteiger partial charge in [-0.15, -0.1) is 23.7 Å². The summed E-state index contributed by atoms with van der Waals surface area (Å²) < 4.78 is 6.81. The Balaban J connectivity index is 0.00000261. The molecule has 0 fully saturated rings. The Morgan fingerprint density at radius 3 is 2.74 bits per heavy atom. The van der Waals surface area contributed by atoms with Crippen LogP contribution in [-0.4, -0.2) is 45.8 Å². The topological polar surface area (TPSA) is 76.5 Å². The van der Waals surface area contributed by atoms with Crippen LogP contribution in [0.15, 0.2) is 12.3 Å². The van der Waals surface area contributed by atoms with E-state index in [2.05, 4.69) is 29.2 Å². The van der Waals surface area contributed by atoms with E-state index < -0.39 is 0 Å². The summed E-state index contributed by atoms with van der Waals surface area (Å²) in [4.78, 5) is 28.5.